The third-order valence-electron chi connectivity index (χ3n) is 2.85. The second kappa shape index (κ2) is 6.23. The summed E-state index contributed by atoms with van der Waals surface area (Å²) in [7, 11) is 0. The molecule has 1 unspecified atom stereocenters. The molecule has 0 saturated carbocycles. The van der Waals surface area contributed by atoms with Gasteiger partial charge in [0.2, 0.25) is 0 Å². The largest absolute Gasteiger partial charge is 0.346 e. The number of amides is 2. The van der Waals surface area contributed by atoms with E-state index in [1.165, 1.54) is 0 Å². The minimum atomic E-state index is -0.209. The van der Waals surface area contributed by atoms with E-state index in [1.807, 2.05) is 0 Å². The lowest BCUT2D eigenvalue weighted by Gasteiger charge is -2.23. The lowest BCUT2D eigenvalue weighted by molar-refractivity contribution is -0.885. The van der Waals surface area contributed by atoms with Crippen LogP contribution in [0.25, 0.3) is 0 Å². The van der Waals surface area contributed by atoms with Gasteiger partial charge in [-0.2, -0.15) is 0 Å². The van der Waals surface area contributed by atoms with Crippen molar-refractivity contribution in [1.29, 1.82) is 0 Å². The molecule has 1 saturated heterocycles. The maximum absolute atomic E-state index is 11.9. The maximum Gasteiger partial charge on any atom is 0.279 e. The quantitative estimate of drug-likeness (QED) is 0.733. The summed E-state index contributed by atoms with van der Waals surface area (Å²) in [6.45, 7) is 1.85. The number of piperazine rings is 1. The standard InChI is InChI=1S/C12H13Cl2N3O2/c13-8-2-1-3-9(14)12(8)16-11(19)7-17-5-4-15-10(18)6-17/h1-3H,4-7H2,(H,15,18)(H,16,19)/p+1. The molecule has 1 aromatic carbocycles. The lowest BCUT2D eigenvalue weighted by Crippen LogP contribution is -3.16. The predicted molar refractivity (Wildman–Crippen MR) is 73.7 cm³/mol. The van der Waals surface area contributed by atoms with Crippen molar-refractivity contribution >= 4 is 40.7 Å². The highest BCUT2D eigenvalue weighted by molar-refractivity contribution is 6.39. The summed E-state index contributed by atoms with van der Waals surface area (Å²) < 4.78 is 0. The van der Waals surface area contributed by atoms with Gasteiger partial charge in [0.25, 0.3) is 11.8 Å². The van der Waals surface area contributed by atoms with Gasteiger partial charge in [-0.05, 0) is 12.1 Å². The Balaban J connectivity index is 1.96. The van der Waals surface area contributed by atoms with E-state index < -0.39 is 0 Å². The molecule has 2 amide bonds. The van der Waals surface area contributed by atoms with Crippen molar-refractivity contribution in [1.82, 2.24) is 5.32 Å². The number of para-hydroxylation sites is 1. The second-order valence-electron chi connectivity index (χ2n) is 4.35. The summed E-state index contributed by atoms with van der Waals surface area (Å²) in [6, 6.07) is 5.02. The molecule has 0 spiro atoms. The molecule has 3 N–H and O–H groups in total. The van der Waals surface area contributed by atoms with Gasteiger partial charge in [-0.3, -0.25) is 9.59 Å². The fourth-order valence-corrected chi connectivity index (χ4v) is 2.43. The summed E-state index contributed by atoms with van der Waals surface area (Å²) in [5, 5.41) is 6.20. The van der Waals surface area contributed by atoms with Crippen LogP contribution in [-0.2, 0) is 9.59 Å². The molecule has 102 valence electrons. The Morgan fingerprint density at radius 1 is 1.37 bits per heavy atom. The number of rotatable bonds is 3. The van der Waals surface area contributed by atoms with Gasteiger partial charge in [0.15, 0.2) is 13.1 Å². The van der Waals surface area contributed by atoms with Gasteiger partial charge in [0, 0.05) is 0 Å². The highest BCUT2D eigenvalue weighted by Crippen LogP contribution is 2.29. The Morgan fingerprint density at radius 2 is 2.05 bits per heavy atom. The number of quaternary nitrogens is 1. The molecule has 1 aliphatic heterocycles. The van der Waals surface area contributed by atoms with Crippen molar-refractivity contribution in [3.05, 3.63) is 28.2 Å². The molecule has 1 atom stereocenters. The molecular weight excluding hydrogens is 289 g/mol. The zero-order chi connectivity index (χ0) is 13.8. The van der Waals surface area contributed by atoms with Gasteiger partial charge in [-0.15, -0.1) is 0 Å². The fraction of sp³-hybridized carbons (Fsp3) is 0.333. The minimum absolute atomic E-state index is 0.0372. The van der Waals surface area contributed by atoms with Crippen LogP contribution in [-0.4, -0.2) is 38.0 Å². The van der Waals surface area contributed by atoms with E-state index in [4.69, 9.17) is 23.2 Å². The van der Waals surface area contributed by atoms with Crippen LogP contribution >= 0.6 is 23.2 Å². The first-order valence-corrected chi connectivity index (χ1v) is 6.66. The smallest absolute Gasteiger partial charge is 0.279 e. The third kappa shape index (κ3) is 3.83. The molecule has 0 aliphatic carbocycles. The van der Waals surface area contributed by atoms with E-state index in [1.54, 1.807) is 18.2 Å². The van der Waals surface area contributed by atoms with E-state index in [9.17, 15) is 9.59 Å². The van der Waals surface area contributed by atoms with E-state index in [0.29, 0.717) is 28.8 Å². The van der Waals surface area contributed by atoms with E-state index >= 15 is 0 Å². The maximum atomic E-state index is 11.9. The minimum Gasteiger partial charge on any atom is -0.346 e. The highest BCUT2D eigenvalue weighted by Gasteiger charge is 2.22. The number of hydrogen-bond acceptors (Lipinski definition) is 2. The first kappa shape index (κ1) is 14.1. The summed E-state index contributed by atoms with van der Waals surface area (Å²) >= 11 is 11.9. The Kier molecular flexibility index (Phi) is 4.63. The zero-order valence-electron chi connectivity index (χ0n) is 10.1. The molecule has 1 aromatic rings. The van der Waals surface area contributed by atoms with E-state index in [-0.39, 0.29) is 18.4 Å². The highest BCUT2D eigenvalue weighted by atomic mass is 35.5. The molecule has 1 aliphatic rings. The SMILES string of the molecule is O=C1C[NH+](CC(=O)Nc2c(Cl)cccc2Cl)CCN1. The third-order valence-corrected chi connectivity index (χ3v) is 3.48. The number of hydrogen-bond donors (Lipinski definition) is 3. The molecule has 0 radical (unpaired) electrons. The summed E-state index contributed by atoms with van der Waals surface area (Å²) in [4.78, 5) is 24.0. The average Bonchev–Trinajstić information content (AvgIpc) is 2.34. The average molecular weight is 303 g/mol. The summed E-state index contributed by atoms with van der Waals surface area (Å²) in [5.41, 5.74) is 0.414. The van der Waals surface area contributed by atoms with Crippen LogP contribution in [0.4, 0.5) is 5.69 Å². The Bertz CT molecular complexity index is 487. The van der Waals surface area contributed by atoms with Crippen molar-refractivity contribution in [2.45, 2.75) is 0 Å². The van der Waals surface area contributed by atoms with E-state index in [2.05, 4.69) is 10.6 Å². The van der Waals surface area contributed by atoms with Crippen LogP contribution in [0.15, 0.2) is 18.2 Å². The van der Waals surface area contributed by atoms with E-state index in [0.717, 1.165) is 11.4 Å². The Morgan fingerprint density at radius 3 is 2.68 bits per heavy atom. The monoisotopic (exact) mass is 302 g/mol. The lowest BCUT2D eigenvalue weighted by atomic mass is 10.3. The van der Waals surface area contributed by atoms with Gasteiger partial charge in [0.1, 0.15) is 0 Å². The molecule has 1 heterocycles. The number of carbonyl (C=O) groups excluding carboxylic acids is 2. The van der Waals surface area contributed by atoms with Crippen molar-refractivity contribution < 1.29 is 14.5 Å². The van der Waals surface area contributed by atoms with Gasteiger partial charge in [0.05, 0.1) is 28.8 Å². The normalized spacial score (nSPS) is 18.8. The number of nitrogens with one attached hydrogen (secondary N) is 3. The summed E-state index contributed by atoms with van der Waals surface area (Å²) in [5.74, 6) is -0.246. The molecule has 7 heteroatoms. The topological polar surface area (TPSA) is 62.6 Å². The van der Waals surface area contributed by atoms with Crippen LogP contribution in [0, 0.1) is 0 Å². The van der Waals surface area contributed by atoms with Gasteiger partial charge in [-0.25, -0.2) is 0 Å². The molecule has 19 heavy (non-hydrogen) atoms. The van der Waals surface area contributed by atoms with Crippen molar-refractivity contribution in [2.75, 3.05) is 31.5 Å². The molecular formula is C12H14Cl2N3O2+. The molecule has 2 rings (SSSR count). The van der Waals surface area contributed by atoms with Gasteiger partial charge < -0.3 is 15.5 Å². The van der Waals surface area contributed by atoms with Crippen LogP contribution < -0.4 is 15.5 Å². The molecule has 1 fully saturated rings. The van der Waals surface area contributed by atoms with Crippen LogP contribution in [0.2, 0.25) is 10.0 Å². The van der Waals surface area contributed by atoms with Crippen molar-refractivity contribution in [3.8, 4) is 0 Å². The number of carbonyl (C=O) groups is 2. The molecule has 0 aromatic heterocycles. The number of halogens is 2. The predicted octanol–water partition coefficient (Wildman–Crippen LogP) is -0.0534. The first-order chi connectivity index (χ1) is 9.06. The van der Waals surface area contributed by atoms with Crippen molar-refractivity contribution in [2.24, 2.45) is 0 Å². The summed E-state index contributed by atoms with van der Waals surface area (Å²) in [6.07, 6.45) is 0. The molecule has 0 bridgehead atoms. The fourth-order valence-electron chi connectivity index (χ4n) is 1.94. The Hall–Kier alpha value is -1.30. The van der Waals surface area contributed by atoms with Crippen molar-refractivity contribution in [3.63, 3.8) is 0 Å². The van der Waals surface area contributed by atoms with Gasteiger partial charge >= 0.3 is 0 Å². The van der Waals surface area contributed by atoms with Crippen LogP contribution in [0.3, 0.4) is 0 Å². The van der Waals surface area contributed by atoms with Crippen LogP contribution in [0.1, 0.15) is 0 Å². The Labute approximate surface area is 120 Å². The van der Waals surface area contributed by atoms with Crippen LogP contribution in [0.5, 0.6) is 0 Å². The second-order valence-corrected chi connectivity index (χ2v) is 5.16. The molecule has 5 nitrogen and oxygen atoms in total. The first-order valence-electron chi connectivity index (χ1n) is 5.90. The number of benzene rings is 1. The zero-order valence-corrected chi connectivity index (χ0v) is 11.6. The number of anilines is 1. The van der Waals surface area contributed by atoms with Gasteiger partial charge in [-0.1, -0.05) is 29.3 Å².